The fourth-order valence-corrected chi connectivity index (χ4v) is 4.31. The molecule has 0 aliphatic heterocycles. The van der Waals surface area contributed by atoms with Gasteiger partial charge in [-0.1, -0.05) is 35.9 Å². The summed E-state index contributed by atoms with van der Waals surface area (Å²) < 4.78 is 6.12. The Kier molecular flexibility index (Phi) is 5.94. The summed E-state index contributed by atoms with van der Waals surface area (Å²) in [5.41, 5.74) is 1.99. The van der Waals surface area contributed by atoms with E-state index in [1.54, 1.807) is 24.5 Å². The molecule has 0 fully saturated rings. The lowest BCUT2D eigenvalue weighted by atomic mass is 10.1. The van der Waals surface area contributed by atoms with Crippen molar-refractivity contribution in [2.24, 2.45) is 0 Å². The van der Waals surface area contributed by atoms with E-state index in [2.05, 4.69) is 10.6 Å². The summed E-state index contributed by atoms with van der Waals surface area (Å²) >= 11 is 7.95. The normalized spacial score (nSPS) is 11.1. The lowest BCUT2D eigenvalue weighted by Gasteiger charge is -2.13. The van der Waals surface area contributed by atoms with Gasteiger partial charge in [-0.2, -0.15) is 0 Å². The number of rotatable bonds is 7. The Hall–Kier alpha value is -2.67. The van der Waals surface area contributed by atoms with E-state index < -0.39 is 0 Å². The van der Waals surface area contributed by atoms with Crippen LogP contribution in [0.2, 0.25) is 5.02 Å². The number of pyridine rings is 1. The molecule has 0 saturated carbocycles. The number of anilines is 2. The first kappa shape index (κ1) is 19.6. The van der Waals surface area contributed by atoms with Gasteiger partial charge in [-0.3, -0.25) is 4.79 Å². The zero-order chi connectivity index (χ0) is 20.2. The van der Waals surface area contributed by atoms with Crippen molar-refractivity contribution in [3.63, 3.8) is 0 Å². The molecule has 2 aromatic heterocycles. The van der Waals surface area contributed by atoms with Gasteiger partial charge in [-0.15, -0.1) is 11.3 Å². The van der Waals surface area contributed by atoms with Crippen LogP contribution in [0.3, 0.4) is 0 Å². The summed E-state index contributed by atoms with van der Waals surface area (Å²) in [6.07, 6.45) is 0.759. The van der Waals surface area contributed by atoms with Gasteiger partial charge >= 0.3 is 0 Å². The van der Waals surface area contributed by atoms with E-state index in [1.807, 2.05) is 47.8 Å². The van der Waals surface area contributed by atoms with Crippen LogP contribution in [0.4, 0.5) is 11.5 Å². The number of para-hydroxylation sites is 2. The molecular formula is C22H20ClN3O2S. The Morgan fingerprint density at radius 2 is 2.00 bits per heavy atom. The second-order valence-electron chi connectivity index (χ2n) is 6.53. The highest BCUT2D eigenvalue weighted by molar-refractivity contribution is 7.18. The minimum absolute atomic E-state index is 0.140. The molecule has 1 amide bonds. The predicted octanol–water partition coefficient (Wildman–Crippen LogP) is 5.61. The molecule has 29 heavy (non-hydrogen) atoms. The maximum atomic E-state index is 12.8. The second kappa shape index (κ2) is 8.78. The number of nitrogens with zero attached hydrogens (tertiary/aromatic N) is 1. The molecule has 2 N–H and O–H groups in total. The number of fused-ring (bicyclic) bond motifs is 3. The average Bonchev–Trinajstić information content (AvgIpc) is 3.23. The van der Waals surface area contributed by atoms with Crippen molar-refractivity contribution in [2.45, 2.75) is 6.42 Å². The standard InChI is InChI=1S/C22H20ClN3O2S/c1-28-12-5-11-24-22(27)15-7-4-6-14-19(15)26-21(16-10-13-29-20(14)16)25-18-9-3-2-8-17(18)23/h2-4,6-10,13H,5,11-12H2,1H3,(H,24,27)(H,25,26). The number of carbonyl (C=O) groups is 1. The molecule has 148 valence electrons. The lowest BCUT2D eigenvalue weighted by molar-refractivity contribution is 0.0950. The molecule has 0 radical (unpaired) electrons. The molecule has 2 aromatic carbocycles. The fraction of sp³-hybridized carbons (Fsp3) is 0.182. The van der Waals surface area contributed by atoms with Gasteiger partial charge in [0.1, 0.15) is 5.82 Å². The summed E-state index contributed by atoms with van der Waals surface area (Å²) in [5, 5.41) is 10.9. The molecule has 7 heteroatoms. The third-order valence-corrected chi connectivity index (χ3v) is 5.88. The van der Waals surface area contributed by atoms with E-state index in [0.29, 0.717) is 35.1 Å². The molecule has 5 nitrogen and oxygen atoms in total. The van der Waals surface area contributed by atoms with Gasteiger partial charge in [0.2, 0.25) is 0 Å². The summed E-state index contributed by atoms with van der Waals surface area (Å²) in [6.45, 7) is 1.16. The minimum atomic E-state index is -0.140. The maximum absolute atomic E-state index is 12.8. The van der Waals surface area contributed by atoms with Crippen molar-refractivity contribution >= 4 is 61.3 Å². The summed E-state index contributed by atoms with van der Waals surface area (Å²) in [7, 11) is 1.65. The smallest absolute Gasteiger partial charge is 0.253 e. The van der Waals surface area contributed by atoms with Gasteiger partial charge < -0.3 is 15.4 Å². The highest BCUT2D eigenvalue weighted by Gasteiger charge is 2.16. The van der Waals surface area contributed by atoms with Gasteiger partial charge in [-0.25, -0.2) is 4.98 Å². The summed E-state index contributed by atoms with van der Waals surface area (Å²) in [6, 6.07) is 15.3. The van der Waals surface area contributed by atoms with Crippen LogP contribution >= 0.6 is 22.9 Å². The topological polar surface area (TPSA) is 63.2 Å². The molecule has 0 atom stereocenters. The SMILES string of the molecule is COCCCNC(=O)c1cccc2c1nc(Nc1ccccc1Cl)c1ccsc12. The molecule has 0 aliphatic carbocycles. The monoisotopic (exact) mass is 425 g/mol. The number of ether oxygens (including phenoxy) is 1. The van der Waals surface area contributed by atoms with E-state index in [-0.39, 0.29) is 5.91 Å². The Balaban J connectivity index is 1.77. The van der Waals surface area contributed by atoms with Crippen LogP contribution in [0.15, 0.2) is 53.9 Å². The van der Waals surface area contributed by atoms with Crippen LogP contribution < -0.4 is 10.6 Å². The molecule has 0 saturated heterocycles. The Labute approximate surface area is 177 Å². The number of carbonyl (C=O) groups excluding carboxylic acids is 1. The second-order valence-corrected chi connectivity index (χ2v) is 7.86. The first-order chi connectivity index (χ1) is 14.2. The lowest BCUT2D eigenvalue weighted by Crippen LogP contribution is -2.25. The van der Waals surface area contributed by atoms with Crippen LogP contribution in [0.1, 0.15) is 16.8 Å². The molecule has 0 unspecified atom stereocenters. The molecule has 4 aromatic rings. The van der Waals surface area contributed by atoms with Crippen molar-refractivity contribution in [3.8, 4) is 0 Å². The van der Waals surface area contributed by atoms with Gasteiger partial charge in [0.05, 0.1) is 21.8 Å². The summed E-state index contributed by atoms with van der Waals surface area (Å²) in [4.78, 5) is 17.6. The van der Waals surface area contributed by atoms with E-state index in [0.717, 1.165) is 27.6 Å². The van der Waals surface area contributed by atoms with Crippen molar-refractivity contribution in [3.05, 3.63) is 64.5 Å². The number of nitrogens with one attached hydrogen (secondary N) is 2. The molecule has 0 spiro atoms. The molecule has 0 bridgehead atoms. The van der Waals surface area contributed by atoms with Crippen LogP contribution in [0.5, 0.6) is 0 Å². The van der Waals surface area contributed by atoms with Gasteiger partial charge in [0.25, 0.3) is 5.91 Å². The number of hydrogen-bond acceptors (Lipinski definition) is 5. The van der Waals surface area contributed by atoms with Crippen LogP contribution in [0, 0.1) is 0 Å². The minimum Gasteiger partial charge on any atom is -0.385 e. The highest BCUT2D eigenvalue weighted by Crippen LogP contribution is 2.36. The van der Waals surface area contributed by atoms with Crippen LogP contribution in [-0.4, -0.2) is 31.2 Å². The Bertz CT molecular complexity index is 1180. The van der Waals surface area contributed by atoms with Crippen molar-refractivity contribution in [1.29, 1.82) is 0 Å². The zero-order valence-corrected chi connectivity index (χ0v) is 17.4. The zero-order valence-electron chi connectivity index (χ0n) is 15.9. The van der Waals surface area contributed by atoms with Crippen LogP contribution in [-0.2, 0) is 4.74 Å². The first-order valence-corrected chi connectivity index (χ1v) is 10.5. The average molecular weight is 426 g/mol. The number of aromatic nitrogens is 1. The number of thiophene rings is 1. The molecule has 2 heterocycles. The number of methoxy groups -OCH3 is 1. The number of amides is 1. The van der Waals surface area contributed by atoms with E-state index in [1.165, 1.54) is 0 Å². The third-order valence-electron chi connectivity index (χ3n) is 4.61. The van der Waals surface area contributed by atoms with Crippen molar-refractivity contribution < 1.29 is 9.53 Å². The maximum Gasteiger partial charge on any atom is 0.253 e. The van der Waals surface area contributed by atoms with E-state index in [9.17, 15) is 4.79 Å². The quantitative estimate of drug-likeness (QED) is 0.377. The third kappa shape index (κ3) is 4.05. The highest BCUT2D eigenvalue weighted by atomic mass is 35.5. The van der Waals surface area contributed by atoms with E-state index >= 15 is 0 Å². The molecule has 4 rings (SSSR count). The number of benzene rings is 2. The Morgan fingerprint density at radius 1 is 1.14 bits per heavy atom. The van der Waals surface area contributed by atoms with Gasteiger partial charge in [-0.05, 0) is 36.1 Å². The molecule has 0 aliphatic rings. The molecular weight excluding hydrogens is 406 g/mol. The van der Waals surface area contributed by atoms with Crippen LogP contribution in [0.25, 0.3) is 21.0 Å². The predicted molar refractivity (Wildman–Crippen MR) is 121 cm³/mol. The fourth-order valence-electron chi connectivity index (χ4n) is 3.21. The largest absolute Gasteiger partial charge is 0.385 e. The Morgan fingerprint density at radius 3 is 2.83 bits per heavy atom. The number of halogens is 1. The van der Waals surface area contributed by atoms with E-state index in [4.69, 9.17) is 21.3 Å². The number of hydrogen-bond donors (Lipinski definition) is 2. The van der Waals surface area contributed by atoms with Crippen molar-refractivity contribution in [2.75, 3.05) is 25.6 Å². The van der Waals surface area contributed by atoms with Gasteiger partial charge in [0.15, 0.2) is 0 Å². The van der Waals surface area contributed by atoms with Gasteiger partial charge in [0, 0.05) is 35.7 Å². The summed E-state index contributed by atoms with van der Waals surface area (Å²) in [5.74, 6) is 0.542. The first-order valence-electron chi connectivity index (χ1n) is 9.27. The van der Waals surface area contributed by atoms with Crippen molar-refractivity contribution in [1.82, 2.24) is 10.3 Å².